The molecule has 1 spiro atoms. The molecule has 0 N–H and O–H groups in total. The van der Waals surface area contributed by atoms with E-state index in [2.05, 4.69) is 12.0 Å². The number of hydrogen-bond acceptors (Lipinski definition) is 3. The molecule has 1 aromatic heterocycles. The zero-order valence-corrected chi connectivity index (χ0v) is 16.5. The first-order valence-corrected chi connectivity index (χ1v) is 10.1. The fourth-order valence-corrected chi connectivity index (χ4v) is 4.52. The molecular weight excluding hydrogens is 328 g/mol. The molecule has 26 heavy (non-hydrogen) atoms. The molecule has 0 saturated carbocycles. The van der Waals surface area contributed by atoms with Crippen molar-refractivity contribution in [2.24, 2.45) is 5.41 Å². The summed E-state index contributed by atoms with van der Waals surface area (Å²) in [5, 5.41) is 4.33. The van der Waals surface area contributed by atoms with Crippen LogP contribution in [0.2, 0.25) is 0 Å². The molecule has 6 heteroatoms. The van der Waals surface area contributed by atoms with Gasteiger partial charge in [-0.05, 0) is 39.5 Å². The Morgan fingerprint density at radius 1 is 1.27 bits per heavy atom. The van der Waals surface area contributed by atoms with E-state index in [1.807, 2.05) is 28.3 Å². The molecule has 3 heterocycles. The number of carbonyl (C=O) groups excluding carboxylic acids is 2. The molecule has 0 unspecified atom stereocenters. The maximum atomic E-state index is 13.1. The maximum Gasteiger partial charge on any atom is 0.257 e. The van der Waals surface area contributed by atoms with Crippen molar-refractivity contribution in [2.75, 3.05) is 26.2 Å². The van der Waals surface area contributed by atoms with Gasteiger partial charge in [-0.15, -0.1) is 0 Å². The summed E-state index contributed by atoms with van der Waals surface area (Å²) in [6.45, 7) is 10.2. The lowest BCUT2D eigenvalue weighted by Crippen LogP contribution is -2.55. The highest BCUT2D eigenvalue weighted by molar-refractivity contribution is 5.95. The number of unbranched alkanes of at least 4 members (excludes halogenated alkanes) is 1. The molecule has 1 aromatic rings. The Labute approximate surface area is 156 Å². The van der Waals surface area contributed by atoms with Gasteiger partial charge in [0.2, 0.25) is 5.91 Å². The van der Waals surface area contributed by atoms with Gasteiger partial charge in [0.1, 0.15) is 0 Å². The second-order valence-electron chi connectivity index (χ2n) is 7.96. The van der Waals surface area contributed by atoms with Gasteiger partial charge in [-0.3, -0.25) is 14.3 Å². The first kappa shape index (κ1) is 18.9. The van der Waals surface area contributed by atoms with Crippen molar-refractivity contribution in [1.82, 2.24) is 19.6 Å². The van der Waals surface area contributed by atoms with Gasteiger partial charge in [0.15, 0.2) is 0 Å². The summed E-state index contributed by atoms with van der Waals surface area (Å²) in [6, 6.07) is 0. The number of likely N-dealkylation sites (tertiary alicyclic amines) is 2. The minimum absolute atomic E-state index is 0.0736. The number of aromatic nitrogens is 2. The number of piperidine rings is 2. The van der Waals surface area contributed by atoms with Crippen LogP contribution in [0.3, 0.4) is 0 Å². The minimum atomic E-state index is 0.0736. The largest absolute Gasteiger partial charge is 0.342 e. The van der Waals surface area contributed by atoms with E-state index in [1.54, 1.807) is 6.20 Å². The van der Waals surface area contributed by atoms with E-state index in [1.165, 1.54) is 0 Å². The van der Waals surface area contributed by atoms with Crippen LogP contribution in [0.25, 0.3) is 0 Å². The molecule has 144 valence electrons. The van der Waals surface area contributed by atoms with Crippen molar-refractivity contribution in [3.05, 3.63) is 17.5 Å². The summed E-state index contributed by atoms with van der Waals surface area (Å²) in [4.78, 5) is 29.4. The van der Waals surface area contributed by atoms with E-state index in [0.717, 1.165) is 76.1 Å². The van der Waals surface area contributed by atoms with Gasteiger partial charge in [0.05, 0.1) is 11.8 Å². The first-order chi connectivity index (χ1) is 12.5. The summed E-state index contributed by atoms with van der Waals surface area (Å²) in [5.74, 6) is 0.380. The van der Waals surface area contributed by atoms with Gasteiger partial charge in [0.25, 0.3) is 5.91 Å². The van der Waals surface area contributed by atoms with Crippen LogP contribution in [-0.4, -0.2) is 57.6 Å². The highest BCUT2D eigenvalue weighted by Gasteiger charge is 2.42. The average molecular weight is 361 g/mol. The van der Waals surface area contributed by atoms with Gasteiger partial charge in [-0.1, -0.05) is 13.3 Å². The Morgan fingerprint density at radius 3 is 2.77 bits per heavy atom. The third kappa shape index (κ3) is 3.64. The van der Waals surface area contributed by atoms with Crippen LogP contribution in [0.4, 0.5) is 0 Å². The molecular formula is C20H32N4O2. The van der Waals surface area contributed by atoms with Crippen molar-refractivity contribution < 1.29 is 9.59 Å². The SMILES string of the molecule is CCCCN1C[C@@]2(CCCN(C(=O)c3cnn(CC)c3C)C2)CCC1=O. The fourth-order valence-electron chi connectivity index (χ4n) is 4.52. The second kappa shape index (κ2) is 7.80. The van der Waals surface area contributed by atoms with E-state index >= 15 is 0 Å². The van der Waals surface area contributed by atoms with Crippen LogP contribution in [0.15, 0.2) is 6.20 Å². The van der Waals surface area contributed by atoms with Crippen molar-refractivity contribution >= 4 is 11.8 Å². The van der Waals surface area contributed by atoms with Crippen LogP contribution in [-0.2, 0) is 11.3 Å². The monoisotopic (exact) mass is 360 g/mol. The highest BCUT2D eigenvalue weighted by Crippen LogP contribution is 2.39. The maximum absolute atomic E-state index is 13.1. The molecule has 3 rings (SSSR count). The zero-order chi connectivity index (χ0) is 18.7. The standard InChI is InChI=1S/C20H32N4O2/c1-4-6-11-22-14-20(10-8-18(22)25)9-7-12-23(15-20)19(26)17-13-21-24(5-2)16(17)3/h13H,4-12,14-15H2,1-3H3/t20-/m1/s1. The first-order valence-electron chi connectivity index (χ1n) is 10.1. The Kier molecular flexibility index (Phi) is 5.68. The molecule has 0 aromatic carbocycles. The summed E-state index contributed by atoms with van der Waals surface area (Å²) in [7, 11) is 0. The number of nitrogens with zero attached hydrogens (tertiary/aromatic N) is 4. The molecule has 2 amide bonds. The number of rotatable bonds is 5. The molecule has 6 nitrogen and oxygen atoms in total. The lowest BCUT2D eigenvalue weighted by Gasteiger charge is -2.48. The predicted molar refractivity (Wildman–Crippen MR) is 101 cm³/mol. The van der Waals surface area contributed by atoms with Crippen molar-refractivity contribution in [2.45, 2.75) is 65.8 Å². The number of hydrogen-bond donors (Lipinski definition) is 0. The smallest absolute Gasteiger partial charge is 0.257 e. The molecule has 2 aliphatic heterocycles. The summed E-state index contributed by atoms with van der Waals surface area (Å²) in [6.07, 6.45) is 7.52. The summed E-state index contributed by atoms with van der Waals surface area (Å²) in [5.41, 5.74) is 1.74. The van der Waals surface area contributed by atoms with E-state index in [0.29, 0.717) is 6.42 Å². The molecule has 0 bridgehead atoms. The van der Waals surface area contributed by atoms with Crippen LogP contribution >= 0.6 is 0 Å². The van der Waals surface area contributed by atoms with Gasteiger partial charge < -0.3 is 9.80 Å². The highest BCUT2D eigenvalue weighted by atomic mass is 16.2. The van der Waals surface area contributed by atoms with Crippen LogP contribution in [0.5, 0.6) is 0 Å². The van der Waals surface area contributed by atoms with Crippen LogP contribution in [0, 0.1) is 12.3 Å². The van der Waals surface area contributed by atoms with E-state index in [9.17, 15) is 9.59 Å². The fraction of sp³-hybridized carbons (Fsp3) is 0.750. The van der Waals surface area contributed by atoms with Gasteiger partial charge in [-0.25, -0.2) is 0 Å². The molecule has 2 fully saturated rings. The van der Waals surface area contributed by atoms with Crippen molar-refractivity contribution in [3.63, 3.8) is 0 Å². The summed E-state index contributed by atoms with van der Waals surface area (Å²) < 4.78 is 1.87. The van der Waals surface area contributed by atoms with Crippen LogP contribution < -0.4 is 0 Å². The normalized spacial score (nSPS) is 23.7. The molecule has 2 saturated heterocycles. The quantitative estimate of drug-likeness (QED) is 0.811. The number of amides is 2. The van der Waals surface area contributed by atoms with Crippen molar-refractivity contribution in [3.8, 4) is 0 Å². The van der Waals surface area contributed by atoms with E-state index in [-0.39, 0.29) is 17.2 Å². The van der Waals surface area contributed by atoms with E-state index < -0.39 is 0 Å². The Bertz CT molecular complexity index is 669. The number of aryl methyl sites for hydroxylation is 1. The van der Waals surface area contributed by atoms with Crippen molar-refractivity contribution in [1.29, 1.82) is 0 Å². The molecule has 1 atom stereocenters. The minimum Gasteiger partial charge on any atom is -0.342 e. The predicted octanol–water partition coefficient (Wildman–Crippen LogP) is 2.86. The Balaban J connectivity index is 1.73. The average Bonchev–Trinajstić information content (AvgIpc) is 3.02. The zero-order valence-electron chi connectivity index (χ0n) is 16.5. The third-order valence-electron chi connectivity index (χ3n) is 6.11. The lowest BCUT2D eigenvalue weighted by atomic mass is 9.73. The Hall–Kier alpha value is -1.85. The Morgan fingerprint density at radius 2 is 2.08 bits per heavy atom. The van der Waals surface area contributed by atoms with Gasteiger partial charge in [-0.2, -0.15) is 5.10 Å². The lowest BCUT2D eigenvalue weighted by molar-refractivity contribution is -0.139. The van der Waals surface area contributed by atoms with Gasteiger partial charge >= 0.3 is 0 Å². The summed E-state index contributed by atoms with van der Waals surface area (Å²) >= 11 is 0. The van der Waals surface area contributed by atoms with E-state index in [4.69, 9.17) is 0 Å². The molecule has 0 aliphatic carbocycles. The topological polar surface area (TPSA) is 58.4 Å². The second-order valence-corrected chi connectivity index (χ2v) is 7.96. The number of carbonyl (C=O) groups is 2. The molecule has 2 aliphatic rings. The van der Waals surface area contributed by atoms with Gasteiger partial charge in [0, 0.05) is 50.3 Å². The van der Waals surface area contributed by atoms with Crippen LogP contribution in [0.1, 0.15) is 68.4 Å². The molecule has 0 radical (unpaired) electrons. The third-order valence-corrected chi connectivity index (χ3v) is 6.11.